The summed E-state index contributed by atoms with van der Waals surface area (Å²) >= 11 is 1.22. The van der Waals surface area contributed by atoms with Gasteiger partial charge >= 0.3 is 6.18 Å². The fourth-order valence-corrected chi connectivity index (χ4v) is 6.33. The van der Waals surface area contributed by atoms with Crippen molar-refractivity contribution in [3.63, 3.8) is 0 Å². The van der Waals surface area contributed by atoms with Crippen molar-refractivity contribution >= 4 is 33.0 Å². The van der Waals surface area contributed by atoms with Gasteiger partial charge in [0.05, 0.1) is 45.5 Å². The van der Waals surface area contributed by atoms with Crippen molar-refractivity contribution in [2.24, 2.45) is 0 Å². The minimum atomic E-state index is -4.42. The summed E-state index contributed by atoms with van der Waals surface area (Å²) in [6.07, 6.45) is -0.503. The van der Waals surface area contributed by atoms with Gasteiger partial charge in [0.1, 0.15) is 0 Å². The van der Waals surface area contributed by atoms with E-state index in [2.05, 4.69) is 44.6 Å². The van der Waals surface area contributed by atoms with E-state index in [0.29, 0.717) is 21.9 Å². The normalized spacial score (nSPS) is 15.5. The van der Waals surface area contributed by atoms with Crippen molar-refractivity contribution < 1.29 is 22.5 Å². The Morgan fingerprint density at radius 3 is 2.57 bits per heavy atom. The summed E-state index contributed by atoms with van der Waals surface area (Å²) in [7, 11) is 0. The smallest absolute Gasteiger partial charge is 0.381 e. The Hall–Kier alpha value is -3.45. The molecular weight excluding hydrogens is 567 g/mol. The van der Waals surface area contributed by atoms with Gasteiger partial charge in [0, 0.05) is 31.4 Å². The molecule has 1 aliphatic rings. The molecular formula is C29H36F3N7O2S. The van der Waals surface area contributed by atoms with Gasteiger partial charge in [0.2, 0.25) is 11.7 Å². The van der Waals surface area contributed by atoms with Crippen molar-refractivity contribution in [2.75, 3.05) is 18.4 Å². The zero-order valence-corrected chi connectivity index (χ0v) is 25.2. The molecule has 0 saturated carbocycles. The molecule has 4 aromatic rings. The molecule has 2 N–H and O–H groups in total. The number of hydrogen-bond donors (Lipinski definition) is 2. The summed E-state index contributed by atoms with van der Waals surface area (Å²) in [5.74, 6) is -0.219. The highest BCUT2D eigenvalue weighted by Crippen LogP contribution is 2.43. The SMILES string of the molecule is CC(C)N1CCC(Nc2cccc3c(CC(F)(F)F)c(-c4noc(CNC(=O)c5cnn(C(C)(C)C)c5)n4)sc23)CC1. The van der Waals surface area contributed by atoms with Crippen LogP contribution in [0.2, 0.25) is 0 Å². The molecule has 1 aliphatic heterocycles. The highest BCUT2D eigenvalue weighted by Gasteiger charge is 2.33. The predicted octanol–water partition coefficient (Wildman–Crippen LogP) is 6.22. The Morgan fingerprint density at radius 1 is 1.19 bits per heavy atom. The Kier molecular flexibility index (Phi) is 8.35. The topological polar surface area (TPSA) is 101 Å². The molecule has 226 valence electrons. The molecule has 5 rings (SSSR count). The number of alkyl halides is 3. The summed E-state index contributed by atoms with van der Waals surface area (Å²) in [6.45, 7) is 12.2. The van der Waals surface area contributed by atoms with Crippen molar-refractivity contribution in [1.82, 2.24) is 30.1 Å². The largest absolute Gasteiger partial charge is 0.393 e. The zero-order valence-electron chi connectivity index (χ0n) is 24.4. The third-order valence-corrected chi connectivity index (χ3v) is 8.70. The van der Waals surface area contributed by atoms with E-state index in [1.807, 2.05) is 26.8 Å². The number of thiophene rings is 1. The van der Waals surface area contributed by atoms with Gasteiger partial charge in [-0.2, -0.15) is 23.3 Å². The number of piperidine rings is 1. The third-order valence-electron chi connectivity index (χ3n) is 7.42. The number of nitrogens with one attached hydrogen (secondary N) is 2. The van der Waals surface area contributed by atoms with Crippen LogP contribution in [0.4, 0.5) is 18.9 Å². The van der Waals surface area contributed by atoms with Crippen LogP contribution in [-0.2, 0) is 18.5 Å². The number of rotatable bonds is 8. The van der Waals surface area contributed by atoms with Gasteiger partial charge in [-0.05, 0) is 64.5 Å². The molecule has 0 aliphatic carbocycles. The van der Waals surface area contributed by atoms with E-state index in [4.69, 9.17) is 4.52 Å². The van der Waals surface area contributed by atoms with Crippen LogP contribution >= 0.6 is 11.3 Å². The summed E-state index contributed by atoms with van der Waals surface area (Å²) in [5, 5.41) is 15.0. The molecule has 0 bridgehead atoms. The van der Waals surface area contributed by atoms with Gasteiger partial charge in [-0.1, -0.05) is 17.3 Å². The first-order valence-electron chi connectivity index (χ1n) is 14.1. The first-order valence-corrected chi connectivity index (χ1v) is 14.9. The molecule has 0 atom stereocenters. The van der Waals surface area contributed by atoms with Crippen molar-refractivity contribution in [1.29, 1.82) is 0 Å². The highest BCUT2D eigenvalue weighted by molar-refractivity contribution is 7.23. The molecule has 0 spiro atoms. The van der Waals surface area contributed by atoms with Crippen LogP contribution in [0.3, 0.4) is 0 Å². The molecule has 0 radical (unpaired) electrons. The molecule has 1 amide bonds. The highest BCUT2D eigenvalue weighted by atomic mass is 32.1. The van der Waals surface area contributed by atoms with E-state index in [0.717, 1.165) is 36.3 Å². The average Bonchev–Trinajstić information content (AvgIpc) is 3.66. The van der Waals surface area contributed by atoms with E-state index in [9.17, 15) is 18.0 Å². The number of fused-ring (bicyclic) bond motifs is 1. The number of halogens is 3. The molecule has 42 heavy (non-hydrogen) atoms. The maximum absolute atomic E-state index is 13.7. The third kappa shape index (κ3) is 6.78. The lowest BCUT2D eigenvalue weighted by atomic mass is 10.0. The van der Waals surface area contributed by atoms with Gasteiger partial charge in [0.25, 0.3) is 5.91 Å². The van der Waals surface area contributed by atoms with Crippen LogP contribution in [0, 0.1) is 0 Å². The molecule has 1 aromatic carbocycles. The molecule has 13 heteroatoms. The van der Waals surface area contributed by atoms with Gasteiger partial charge < -0.3 is 20.1 Å². The zero-order chi connectivity index (χ0) is 30.2. The van der Waals surface area contributed by atoms with Gasteiger partial charge in [-0.25, -0.2) is 0 Å². The minimum Gasteiger partial charge on any atom is -0.381 e. The first kappa shape index (κ1) is 30.0. The van der Waals surface area contributed by atoms with Gasteiger partial charge in [0.15, 0.2) is 0 Å². The van der Waals surface area contributed by atoms with E-state index < -0.39 is 12.6 Å². The number of carbonyl (C=O) groups excluding carboxylic acids is 1. The number of nitrogens with zero attached hydrogens (tertiary/aromatic N) is 5. The van der Waals surface area contributed by atoms with Crippen LogP contribution in [0.5, 0.6) is 0 Å². The van der Waals surface area contributed by atoms with E-state index in [1.54, 1.807) is 23.0 Å². The number of amides is 1. The lowest BCUT2D eigenvalue weighted by Gasteiger charge is -2.35. The number of anilines is 1. The van der Waals surface area contributed by atoms with Crippen molar-refractivity contribution in [2.45, 2.75) is 84.2 Å². The van der Waals surface area contributed by atoms with E-state index in [1.165, 1.54) is 17.5 Å². The maximum atomic E-state index is 13.7. The van der Waals surface area contributed by atoms with Crippen LogP contribution in [0.25, 0.3) is 20.8 Å². The Balaban J connectivity index is 1.37. The fraction of sp³-hybridized carbons (Fsp3) is 0.517. The Bertz CT molecular complexity index is 1540. The summed E-state index contributed by atoms with van der Waals surface area (Å²) in [6, 6.07) is 6.12. The van der Waals surface area contributed by atoms with E-state index in [-0.39, 0.29) is 41.3 Å². The summed E-state index contributed by atoms with van der Waals surface area (Å²) < 4.78 is 49.0. The quantitative estimate of drug-likeness (QED) is 0.247. The molecule has 1 saturated heterocycles. The number of likely N-dealkylation sites (tertiary alicyclic amines) is 1. The van der Waals surface area contributed by atoms with Gasteiger partial charge in [-0.3, -0.25) is 9.48 Å². The average molecular weight is 604 g/mol. The summed E-state index contributed by atoms with van der Waals surface area (Å²) in [4.78, 5) is 19.7. The van der Waals surface area contributed by atoms with Gasteiger partial charge in [-0.15, -0.1) is 11.3 Å². The standard InChI is InChI=1S/C29H36F3N7O2S/c1-17(2)38-11-9-19(10-12-38)35-22-8-6-7-20-21(13-29(30,31)32)25(42-24(20)22)26-36-23(41-37-26)15-33-27(40)18-14-34-39(16-18)28(3,4)5/h6-8,14,16-17,19,35H,9-13,15H2,1-5H3,(H,33,40). The second kappa shape index (κ2) is 11.7. The number of aromatic nitrogens is 4. The van der Waals surface area contributed by atoms with Crippen LogP contribution < -0.4 is 10.6 Å². The molecule has 9 nitrogen and oxygen atoms in total. The van der Waals surface area contributed by atoms with Crippen LogP contribution in [-0.4, -0.2) is 62.1 Å². The van der Waals surface area contributed by atoms with E-state index >= 15 is 0 Å². The molecule has 1 fully saturated rings. The Labute approximate surface area is 246 Å². The number of carbonyl (C=O) groups is 1. The predicted molar refractivity (Wildman–Crippen MR) is 157 cm³/mol. The van der Waals surface area contributed by atoms with Crippen LogP contribution in [0.15, 0.2) is 35.1 Å². The fourth-order valence-electron chi connectivity index (χ4n) is 5.10. The minimum absolute atomic E-state index is 0.0662. The lowest BCUT2D eigenvalue weighted by molar-refractivity contribution is -0.126. The molecule has 3 aromatic heterocycles. The second-order valence-electron chi connectivity index (χ2n) is 12.0. The number of benzene rings is 1. The Morgan fingerprint density at radius 2 is 1.93 bits per heavy atom. The maximum Gasteiger partial charge on any atom is 0.393 e. The summed E-state index contributed by atoms with van der Waals surface area (Å²) in [5.41, 5.74) is 1.02. The monoisotopic (exact) mass is 603 g/mol. The first-order chi connectivity index (χ1) is 19.8. The number of hydrogen-bond acceptors (Lipinski definition) is 8. The lowest BCUT2D eigenvalue weighted by Crippen LogP contribution is -2.42. The van der Waals surface area contributed by atoms with Crippen molar-refractivity contribution in [3.05, 3.63) is 47.6 Å². The van der Waals surface area contributed by atoms with Crippen LogP contribution in [0.1, 0.15) is 69.3 Å². The molecule has 4 heterocycles. The second-order valence-corrected chi connectivity index (χ2v) is 13.0. The molecule has 0 unspecified atom stereocenters. The van der Waals surface area contributed by atoms with Crippen molar-refractivity contribution in [3.8, 4) is 10.7 Å².